The van der Waals surface area contributed by atoms with E-state index in [0.29, 0.717) is 19.5 Å². The van der Waals surface area contributed by atoms with Crippen LogP contribution in [-0.4, -0.2) is 45.3 Å². The zero-order chi connectivity index (χ0) is 10.9. The molecule has 1 saturated heterocycles. The quantitative estimate of drug-likeness (QED) is 0.525. The van der Waals surface area contributed by atoms with E-state index in [0.717, 1.165) is 37.5 Å². The molecule has 3 nitrogen and oxygen atoms in total. The molecule has 1 atom stereocenters. The van der Waals surface area contributed by atoms with Gasteiger partial charge in [0, 0.05) is 0 Å². The summed E-state index contributed by atoms with van der Waals surface area (Å²) in [6.45, 7) is 1.16. The van der Waals surface area contributed by atoms with Crippen molar-refractivity contribution in [2.75, 3.05) is 13.1 Å². The summed E-state index contributed by atoms with van der Waals surface area (Å²) in [6, 6.07) is 0. The van der Waals surface area contributed by atoms with Gasteiger partial charge >= 0.3 is 103 Å². The van der Waals surface area contributed by atoms with Gasteiger partial charge in [0.15, 0.2) is 0 Å². The molecule has 1 amide bonds. The SMILES string of the molecule is NCCNC(=O)CCCCC1CC[Se][Se]1. The number of hydrogen-bond acceptors (Lipinski definition) is 2. The van der Waals surface area contributed by atoms with E-state index in [1.807, 2.05) is 0 Å². The molecular weight excluding hydrogens is 322 g/mol. The molecule has 0 bridgehead atoms. The normalized spacial score (nSPS) is 20.5. The molecule has 0 radical (unpaired) electrons. The number of hydrogen-bond donors (Lipinski definition) is 2. The van der Waals surface area contributed by atoms with E-state index >= 15 is 0 Å². The fraction of sp³-hybridized carbons (Fsp3) is 0.900. The Balaban J connectivity index is 1.89. The first kappa shape index (κ1) is 13.5. The van der Waals surface area contributed by atoms with Gasteiger partial charge in [-0.3, -0.25) is 0 Å². The van der Waals surface area contributed by atoms with Crippen LogP contribution in [0.25, 0.3) is 0 Å². The second-order valence-electron chi connectivity index (χ2n) is 3.71. The molecule has 1 rings (SSSR count). The molecule has 0 aliphatic carbocycles. The topological polar surface area (TPSA) is 55.1 Å². The summed E-state index contributed by atoms with van der Waals surface area (Å²) in [7, 11) is 0. The fourth-order valence-electron chi connectivity index (χ4n) is 1.52. The number of nitrogens with one attached hydrogen (secondary N) is 1. The van der Waals surface area contributed by atoms with E-state index in [2.05, 4.69) is 5.32 Å². The van der Waals surface area contributed by atoms with Crippen LogP contribution in [0, 0.1) is 0 Å². The minimum atomic E-state index is 0.168. The van der Waals surface area contributed by atoms with Crippen molar-refractivity contribution in [1.29, 1.82) is 0 Å². The van der Waals surface area contributed by atoms with Gasteiger partial charge in [-0.2, -0.15) is 0 Å². The van der Waals surface area contributed by atoms with Crippen molar-refractivity contribution in [3.63, 3.8) is 0 Å². The Morgan fingerprint density at radius 3 is 3.00 bits per heavy atom. The summed E-state index contributed by atoms with van der Waals surface area (Å²) in [5.41, 5.74) is 5.30. The third-order valence-electron chi connectivity index (χ3n) is 2.37. The van der Waals surface area contributed by atoms with Gasteiger partial charge in [0.1, 0.15) is 0 Å². The van der Waals surface area contributed by atoms with Crippen LogP contribution in [0.15, 0.2) is 0 Å². The summed E-state index contributed by atoms with van der Waals surface area (Å²) in [4.78, 5) is 12.3. The van der Waals surface area contributed by atoms with Crippen LogP contribution in [0.5, 0.6) is 0 Å². The predicted molar refractivity (Wildman–Crippen MR) is 65.2 cm³/mol. The molecule has 1 aliphatic heterocycles. The fourth-order valence-corrected chi connectivity index (χ4v) is 11.0. The Kier molecular flexibility index (Phi) is 7.76. The number of unbranched alkanes of at least 4 members (excludes halogenated alkanes) is 1. The molecule has 3 N–H and O–H groups in total. The molecule has 5 heteroatoms. The first-order valence-electron chi connectivity index (χ1n) is 5.58. The summed E-state index contributed by atoms with van der Waals surface area (Å²) in [5.74, 6) is 0.168. The molecule has 88 valence electrons. The predicted octanol–water partition coefficient (Wildman–Crippen LogP) is 0.556. The molecule has 1 heterocycles. The van der Waals surface area contributed by atoms with Crippen LogP contribution in [0.2, 0.25) is 10.1 Å². The van der Waals surface area contributed by atoms with Crippen LogP contribution in [0.1, 0.15) is 32.1 Å². The molecule has 0 spiro atoms. The summed E-state index contributed by atoms with van der Waals surface area (Å²) >= 11 is 1.96. The molecule has 1 aliphatic rings. The van der Waals surface area contributed by atoms with Crippen molar-refractivity contribution in [2.24, 2.45) is 5.73 Å². The number of rotatable bonds is 7. The van der Waals surface area contributed by atoms with Gasteiger partial charge < -0.3 is 0 Å². The van der Waals surface area contributed by atoms with Gasteiger partial charge in [-0.15, -0.1) is 0 Å². The maximum atomic E-state index is 11.2. The van der Waals surface area contributed by atoms with Crippen LogP contribution < -0.4 is 11.1 Å². The van der Waals surface area contributed by atoms with Crippen molar-refractivity contribution in [3.8, 4) is 0 Å². The van der Waals surface area contributed by atoms with Gasteiger partial charge in [0.25, 0.3) is 0 Å². The van der Waals surface area contributed by atoms with E-state index < -0.39 is 0 Å². The van der Waals surface area contributed by atoms with Crippen molar-refractivity contribution in [1.82, 2.24) is 5.32 Å². The maximum absolute atomic E-state index is 11.2. The summed E-state index contributed by atoms with van der Waals surface area (Å²) < 4.78 is 0. The van der Waals surface area contributed by atoms with Gasteiger partial charge in [0.05, 0.1) is 0 Å². The van der Waals surface area contributed by atoms with E-state index in [4.69, 9.17) is 5.73 Å². The third kappa shape index (κ3) is 6.59. The van der Waals surface area contributed by atoms with Gasteiger partial charge in [0.2, 0.25) is 0 Å². The first-order valence-corrected chi connectivity index (χ1v) is 12.1. The molecule has 15 heavy (non-hydrogen) atoms. The van der Waals surface area contributed by atoms with Crippen LogP contribution in [0.4, 0.5) is 0 Å². The molecule has 1 fully saturated rings. The first-order chi connectivity index (χ1) is 7.33. The second kappa shape index (κ2) is 8.60. The monoisotopic (exact) mass is 344 g/mol. The molecule has 0 aromatic rings. The number of nitrogens with two attached hydrogens (primary N) is 1. The Hall–Kier alpha value is 0.469. The zero-order valence-electron chi connectivity index (χ0n) is 9.04. The Morgan fingerprint density at radius 2 is 2.33 bits per heavy atom. The number of carbonyl (C=O) groups is 1. The molecule has 0 saturated carbocycles. The van der Waals surface area contributed by atoms with Gasteiger partial charge in [-0.25, -0.2) is 0 Å². The van der Waals surface area contributed by atoms with E-state index in [-0.39, 0.29) is 5.91 Å². The van der Waals surface area contributed by atoms with E-state index in [1.54, 1.807) is 0 Å². The van der Waals surface area contributed by atoms with E-state index in [1.165, 1.54) is 24.6 Å². The molecule has 0 aromatic heterocycles. The van der Waals surface area contributed by atoms with Crippen LogP contribution in [-0.2, 0) is 4.79 Å². The standard InChI is InChI=1S/C10H20N2OSe2/c11-6-7-12-10(13)4-2-1-3-9-5-8-14-15-9/h9H,1-8,11H2,(H,12,13). The molecular formula is C10H20N2OSe2. The zero-order valence-corrected chi connectivity index (χ0v) is 12.5. The number of amides is 1. The van der Waals surface area contributed by atoms with Crippen molar-refractivity contribution in [2.45, 2.75) is 42.2 Å². The van der Waals surface area contributed by atoms with E-state index in [9.17, 15) is 4.79 Å². The van der Waals surface area contributed by atoms with Crippen molar-refractivity contribution < 1.29 is 4.79 Å². The van der Waals surface area contributed by atoms with Gasteiger partial charge in [-0.1, -0.05) is 0 Å². The average Bonchev–Trinajstić information content (AvgIpc) is 2.74. The summed E-state index contributed by atoms with van der Waals surface area (Å²) in [6.07, 6.45) is 5.81. The van der Waals surface area contributed by atoms with Crippen LogP contribution in [0.3, 0.4) is 0 Å². The van der Waals surface area contributed by atoms with Crippen molar-refractivity contribution >= 4 is 32.2 Å². The Morgan fingerprint density at radius 1 is 1.47 bits per heavy atom. The average molecular weight is 342 g/mol. The Bertz CT molecular complexity index is 184. The summed E-state index contributed by atoms with van der Waals surface area (Å²) in [5, 5.41) is 4.31. The second-order valence-corrected chi connectivity index (χ2v) is 11.5. The molecule has 0 aromatic carbocycles. The third-order valence-corrected chi connectivity index (χ3v) is 11.3. The van der Waals surface area contributed by atoms with Gasteiger partial charge in [-0.05, 0) is 0 Å². The van der Waals surface area contributed by atoms with Crippen molar-refractivity contribution in [3.05, 3.63) is 0 Å². The minimum absolute atomic E-state index is 0.168. The Labute approximate surface area is 103 Å². The number of carbonyl (C=O) groups excluding carboxylic acids is 1. The molecule has 1 unspecified atom stereocenters. The van der Waals surface area contributed by atoms with Crippen LogP contribution >= 0.6 is 0 Å².